The van der Waals surface area contributed by atoms with Crippen molar-refractivity contribution in [3.8, 4) is 0 Å². The summed E-state index contributed by atoms with van der Waals surface area (Å²) in [6.07, 6.45) is 0. The summed E-state index contributed by atoms with van der Waals surface area (Å²) in [5.41, 5.74) is 0. The fraction of sp³-hybridized carbons (Fsp3) is 0. The first-order valence-electron chi connectivity index (χ1n) is 0.612. The maximum atomic E-state index is 8.52. The van der Waals surface area contributed by atoms with E-state index >= 15 is 0 Å². The van der Waals surface area contributed by atoms with Gasteiger partial charge >= 0.3 is 17.4 Å². The predicted molar refractivity (Wildman–Crippen MR) is 14.1 cm³/mol. The van der Waals surface area contributed by atoms with Gasteiger partial charge in [-0.25, -0.2) is 0 Å². The summed E-state index contributed by atoms with van der Waals surface area (Å²) in [6.45, 7) is 0. The van der Waals surface area contributed by atoms with Crippen LogP contribution < -0.4 is 9.59 Å². The van der Waals surface area contributed by atoms with Crippen LogP contribution in [0.5, 0.6) is 0 Å². The van der Waals surface area contributed by atoms with Crippen LogP contribution in [0.4, 0.5) is 0 Å². The van der Waals surface area contributed by atoms with Crippen LogP contribution in [0.15, 0.2) is 0 Å². The van der Waals surface area contributed by atoms with Gasteiger partial charge in [-0.05, 0) is 0 Å². The van der Waals surface area contributed by atoms with E-state index in [4.69, 9.17) is 14.1 Å². The van der Waals surface area contributed by atoms with E-state index in [0.717, 1.165) is 0 Å². The van der Waals surface area contributed by atoms with Gasteiger partial charge < -0.3 is 19.5 Å². The molecule has 0 saturated heterocycles. The molecule has 0 aromatic carbocycles. The summed E-state index contributed by atoms with van der Waals surface area (Å²) in [4.78, 5) is 17.0. The van der Waals surface area contributed by atoms with Gasteiger partial charge in [0.1, 0.15) is 0 Å². The van der Waals surface area contributed by atoms with E-state index < -0.39 is 9.17 Å². The Morgan fingerprint density at radius 1 is 1.33 bits per heavy atom. The molecule has 4 nitrogen and oxygen atoms in total. The quantitative estimate of drug-likeness (QED) is 0.311. The van der Waals surface area contributed by atoms with Crippen molar-refractivity contribution < 1.29 is 19.5 Å². The van der Waals surface area contributed by atoms with Crippen molar-refractivity contribution >= 4 is 26.5 Å². The first-order chi connectivity index (χ1) is 1.73. The minimum Gasteiger partial charge on any atom is -0.870 e. The second kappa shape index (κ2) is 8.92. The Bertz CT molecular complexity index is 30.5. The maximum Gasteiger partial charge on any atom is 3.00 e. The van der Waals surface area contributed by atoms with Crippen molar-refractivity contribution in [1.29, 1.82) is 0 Å². The average molecular weight is 120 g/mol. The Morgan fingerprint density at radius 2 is 1.33 bits per heavy atom. The molecule has 0 bridgehead atoms. The summed E-state index contributed by atoms with van der Waals surface area (Å²) < 4.78 is 8.52. The molecule has 0 amide bonds. The van der Waals surface area contributed by atoms with E-state index in [1.165, 1.54) is 0 Å². The van der Waals surface area contributed by atoms with Gasteiger partial charge in [-0.1, -0.05) is 0 Å². The molecule has 0 fully saturated rings. The van der Waals surface area contributed by atoms with Gasteiger partial charge in [0, 0.05) is 9.17 Å². The van der Waals surface area contributed by atoms with Crippen LogP contribution in [0.1, 0.15) is 0 Å². The monoisotopic (exact) mass is 120 g/mol. The van der Waals surface area contributed by atoms with E-state index in [1.54, 1.807) is 0 Å². The van der Waals surface area contributed by atoms with E-state index in [2.05, 4.69) is 0 Å². The van der Waals surface area contributed by atoms with Gasteiger partial charge in [0.15, 0.2) is 0 Å². The van der Waals surface area contributed by atoms with Gasteiger partial charge in [0.05, 0.1) is 0 Å². The molecule has 0 heterocycles. The topological polar surface area (TPSA) is 93.2 Å². The summed E-state index contributed by atoms with van der Waals surface area (Å²) >= 11 is 0. The van der Waals surface area contributed by atoms with Crippen LogP contribution in [0, 0.1) is 0 Å². The average Bonchev–Trinajstić information content (AvgIpc) is 0.811. The molecule has 32 valence electrons. The summed E-state index contributed by atoms with van der Waals surface area (Å²) in [5.74, 6) is 0. The SMILES string of the molecule is O=[Si]([O-])[O-].[Al+3].[OH-]. The third-order valence-corrected chi connectivity index (χ3v) is 0. The van der Waals surface area contributed by atoms with Crippen LogP contribution in [0.2, 0.25) is 0 Å². The fourth-order valence-corrected chi connectivity index (χ4v) is 0. The Kier molecular flexibility index (Phi) is 24.5. The molecule has 0 unspecified atom stereocenters. The molecule has 0 radical (unpaired) electrons. The second-order valence-electron chi connectivity index (χ2n) is 0.250. The third kappa shape index (κ3) is 3320. The summed E-state index contributed by atoms with van der Waals surface area (Å²) in [7, 11) is -3.63. The summed E-state index contributed by atoms with van der Waals surface area (Å²) in [5, 5.41) is 0. The van der Waals surface area contributed by atoms with Gasteiger partial charge in [-0.15, -0.1) is 0 Å². The zero-order valence-corrected chi connectivity index (χ0v) is 4.90. The van der Waals surface area contributed by atoms with Crippen molar-refractivity contribution in [3.05, 3.63) is 0 Å². The third-order valence-electron chi connectivity index (χ3n) is 0. The molecule has 0 aromatic heterocycles. The molecular formula is HAlO4Si. The van der Waals surface area contributed by atoms with Gasteiger partial charge in [0.25, 0.3) is 0 Å². The van der Waals surface area contributed by atoms with Gasteiger partial charge in [-0.2, -0.15) is 0 Å². The van der Waals surface area contributed by atoms with Crippen LogP contribution in [-0.2, 0) is 4.46 Å². The molecule has 0 aliphatic rings. The smallest absolute Gasteiger partial charge is 0.870 e. The molecule has 0 aliphatic carbocycles. The van der Waals surface area contributed by atoms with Crippen LogP contribution in [-0.4, -0.2) is 32.0 Å². The molecule has 6 heavy (non-hydrogen) atoms. The molecule has 0 aliphatic heterocycles. The van der Waals surface area contributed by atoms with Gasteiger partial charge in [0.2, 0.25) is 0 Å². The molecule has 0 saturated carbocycles. The Labute approximate surface area is 46.8 Å². The second-order valence-corrected chi connectivity index (χ2v) is 0.750. The van der Waals surface area contributed by atoms with E-state index in [0.29, 0.717) is 0 Å². The first-order valence-corrected chi connectivity index (χ1v) is 1.84. The summed E-state index contributed by atoms with van der Waals surface area (Å²) in [6, 6.07) is 0. The van der Waals surface area contributed by atoms with E-state index in [-0.39, 0.29) is 22.8 Å². The minimum atomic E-state index is -3.63. The van der Waals surface area contributed by atoms with E-state index in [9.17, 15) is 0 Å². The maximum absolute atomic E-state index is 8.52. The number of hydrogen-bond acceptors (Lipinski definition) is 4. The number of hydrogen-bond donors (Lipinski definition) is 0. The van der Waals surface area contributed by atoms with Crippen molar-refractivity contribution in [2.75, 3.05) is 0 Å². The Morgan fingerprint density at radius 3 is 1.33 bits per heavy atom. The van der Waals surface area contributed by atoms with Crippen molar-refractivity contribution in [2.45, 2.75) is 0 Å². The minimum absolute atomic E-state index is 0. The van der Waals surface area contributed by atoms with Crippen molar-refractivity contribution in [3.63, 3.8) is 0 Å². The molecule has 1 N–H and O–H groups in total. The molecule has 0 atom stereocenters. The number of rotatable bonds is 0. The molecule has 0 aromatic rings. The van der Waals surface area contributed by atoms with Gasteiger partial charge in [-0.3, -0.25) is 0 Å². The van der Waals surface area contributed by atoms with Crippen LogP contribution in [0.3, 0.4) is 0 Å². The molecule has 0 spiro atoms. The van der Waals surface area contributed by atoms with E-state index in [1.807, 2.05) is 0 Å². The first kappa shape index (κ1) is 16.5. The Balaban J connectivity index is -0.0000000450. The van der Waals surface area contributed by atoms with Crippen LogP contribution >= 0.6 is 0 Å². The molecule has 6 heteroatoms. The zero-order valence-electron chi connectivity index (χ0n) is 2.75. The predicted octanol–water partition coefficient (Wildman–Crippen LogP) is -3.44. The Hall–Kier alpha value is 0.109. The van der Waals surface area contributed by atoms with Crippen molar-refractivity contribution in [1.82, 2.24) is 0 Å². The van der Waals surface area contributed by atoms with Crippen molar-refractivity contribution in [2.24, 2.45) is 0 Å². The molecule has 0 rings (SSSR count). The zero-order chi connectivity index (χ0) is 3.58. The fourth-order valence-electron chi connectivity index (χ4n) is 0. The van der Waals surface area contributed by atoms with Crippen LogP contribution in [0.25, 0.3) is 0 Å². The largest absolute Gasteiger partial charge is 3.00 e. The standard InChI is InChI=1S/Al.O3Si.H2O/c;1-4(2)3;/h;;1H2/q+3;-2;/p-1. The normalized spacial score (nSPS) is 4.00. The molecular weight excluding hydrogens is 119 g/mol.